The summed E-state index contributed by atoms with van der Waals surface area (Å²) in [6.45, 7) is 3.75. The number of amides is 1. The number of benzene rings is 2. The predicted molar refractivity (Wildman–Crippen MR) is 114 cm³/mol. The van der Waals surface area contributed by atoms with E-state index in [2.05, 4.69) is 4.99 Å². The molecule has 2 aromatic rings. The van der Waals surface area contributed by atoms with Crippen LogP contribution in [0.5, 0.6) is 0 Å². The fourth-order valence-electron chi connectivity index (χ4n) is 3.64. The molecule has 5 nitrogen and oxygen atoms in total. The molecule has 7 heteroatoms. The molecule has 30 heavy (non-hydrogen) atoms. The lowest BCUT2D eigenvalue weighted by Crippen LogP contribution is -2.40. The lowest BCUT2D eigenvalue weighted by atomic mass is 9.94. The SMILES string of the molecule is CC[C@@H]1SC2=NC(C)=C(C(=O)OCc3ccccc3)[C@H](c3cccc(F)c3)N2C1=O. The van der Waals surface area contributed by atoms with Crippen LogP contribution in [-0.4, -0.2) is 27.2 Å². The van der Waals surface area contributed by atoms with Crippen molar-refractivity contribution < 1.29 is 18.7 Å². The highest BCUT2D eigenvalue weighted by Gasteiger charge is 2.47. The quantitative estimate of drug-likeness (QED) is 0.658. The van der Waals surface area contributed by atoms with Crippen molar-refractivity contribution in [3.63, 3.8) is 0 Å². The molecule has 154 valence electrons. The van der Waals surface area contributed by atoms with Crippen molar-refractivity contribution in [3.8, 4) is 0 Å². The van der Waals surface area contributed by atoms with Crippen molar-refractivity contribution in [2.75, 3.05) is 0 Å². The summed E-state index contributed by atoms with van der Waals surface area (Å²) in [4.78, 5) is 32.2. The summed E-state index contributed by atoms with van der Waals surface area (Å²) in [5.41, 5.74) is 2.10. The molecule has 2 aromatic carbocycles. The minimum absolute atomic E-state index is 0.100. The van der Waals surface area contributed by atoms with Gasteiger partial charge in [-0.2, -0.15) is 0 Å². The second-order valence-corrected chi connectivity index (χ2v) is 8.31. The van der Waals surface area contributed by atoms with E-state index in [1.54, 1.807) is 19.1 Å². The number of carbonyl (C=O) groups excluding carboxylic acids is 2. The lowest BCUT2D eigenvalue weighted by molar-refractivity contribution is -0.141. The fraction of sp³-hybridized carbons (Fsp3) is 0.261. The number of aliphatic imine (C=N–C) groups is 1. The van der Waals surface area contributed by atoms with Gasteiger partial charge in [-0.05, 0) is 36.6 Å². The Balaban J connectivity index is 1.72. The summed E-state index contributed by atoms with van der Waals surface area (Å²) in [6, 6.07) is 14.5. The normalized spacial score (nSPS) is 20.8. The Bertz CT molecular complexity index is 1050. The molecular weight excluding hydrogens is 403 g/mol. The van der Waals surface area contributed by atoms with Gasteiger partial charge < -0.3 is 4.74 Å². The molecule has 2 atom stereocenters. The molecule has 0 saturated carbocycles. The highest BCUT2D eigenvalue weighted by Crippen LogP contribution is 2.44. The van der Waals surface area contributed by atoms with Crippen LogP contribution in [0.4, 0.5) is 4.39 Å². The highest BCUT2D eigenvalue weighted by atomic mass is 32.2. The zero-order valence-electron chi connectivity index (χ0n) is 16.7. The smallest absolute Gasteiger partial charge is 0.338 e. The van der Waals surface area contributed by atoms with Crippen LogP contribution in [0.2, 0.25) is 0 Å². The average Bonchev–Trinajstić information content (AvgIpc) is 3.06. The number of hydrogen-bond acceptors (Lipinski definition) is 5. The number of thioether (sulfide) groups is 1. The molecule has 4 rings (SSSR count). The molecule has 2 heterocycles. The van der Waals surface area contributed by atoms with Crippen LogP contribution in [-0.2, 0) is 20.9 Å². The Kier molecular flexibility index (Phi) is 5.72. The summed E-state index contributed by atoms with van der Waals surface area (Å²) in [5.74, 6) is -1.12. The second kappa shape index (κ2) is 8.44. The van der Waals surface area contributed by atoms with Crippen LogP contribution in [0.25, 0.3) is 0 Å². The molecule has 0 radical (unpaired) electrons. The van der Waals surface area contributed by atoms with Gasteiger partial charge in [-0.25, -0.2) is 14.2 Å². The number of hydrogen-bond donors (Lipinski definition) is 0. The maximum Gasteiger partial charge on any atom is 0.338 e. The number of ether oxygens (including phenoxy) is 1. The Morgan fingerprint density at radius 3 is 2.67 bits per heavy atom. The first-order chi connectivity index (χ1) is 14.5. The summed E-state index contributed by atoms with van der Waals surface area (Å²) in [5, 5.41) is 0.269. The second-order valence-electron chi connectivity index (χ2n) is 7.14. The van der Waals surface area contributed by atoms with Crippen LogP contribution >= 0.6 is 11.8 Å². The maximum absolute atomic E-state index is 14.0. The van der Waals surface area contributed by atoms with E-state index < -0.39 is 17.8 Å². The van der Waals surface area contributed by atoms with Crippen LogP contribution in [0.1, 0.15) is 37.4 Å². The number of nitrogens with zero attached hydrogens (tertiary/aromatic N) is 2. The molecular formula is C23H21FN2O3S. The summed E-state index contributed by atoms with van der Waals surface area (Å²) < 4.78 is 19.6. The van der Waals surface area contributed by atoms with Gasteiger partial charge >= 0.3 is 5.97 Å². The molecule has 0 aromatic heterocycles. The van der Waals surface area contributed by atoms with Gasteiger partial charge in [-0.15, -0.1) is 0 Å². The standard InChI is InChI=1S/C23H21FN2O3S/c1-3-18-21(27)26-20(16-10-7-11-17(24)12-16)19(14(2)25-23(26)30-18)22(28)29-13-15-8-5-4-6-9-15/h4-12,18,20H,3,13H2,1-2H3/t18-,20-/m0/s1. The minimum atomic E-state index is -0.770. The molecule has 0 spiro atoms. The van der Waals surface area contributed by atoms with Gasteiger partial charge in [0.1, 0.15) is 12.4 Å². The maximum atomic E-state index is 14.0. The molecule has 2 aliphatic heterocycles. The monoisotopic (exact) mass is 424 g/mol. The van der Waals surface area contributed by atoms with Gasteiger partial charge in [0.05, 0.1) is 22.6 Å². The van der Waals surface area contributed by atoms with Crippen LogP contribution < -0.4 is 0 Å². The third-order valence-corrected chi connectivity index (χ3v) is 6.44. The number of amidine groups is 1. The van der Waals surface area contributed by atoms with E-state index in [1.165, 1.54) is 28.8 Å². The summed E-state index contributed by atoms with van der Waals surface area (Å²) >= 11 is 1.38. The van der Waals surface area contributed by atoms with Gasteiger partial charge in [-0.1, -0.05) is 61.2 Å². The zero-order valence-corrected chi connectivity index (χ0v) is 17.5. The molecule has 0 aliphatic carbocycles. The molecule has 1 fully saturated rings. The van der Waals surface area contributed by atoms with E-state index in [9.17, 15) is 14.0 Å². The average molecular weight is 424 g/mol. The lowest BCUT2D eigenvalue weighted by Gasteiger charge is -2.33. The molecule has 0 bridgehead atoms. The highest BCUT2D eigenvalue weighted by molar-refractivity contribution is 8.15. The number of fused-ring (bicyclic) bond motifs is 1. The van der Waals surface area contributed by atoms with E-state index in [0.717, 1.165) is 5.56 Å². The first-order valence-corrected chi connectivity index (χ1v) is 10.6. The van der Waals surface area contributed by atoms with Crippen molar-refractivity contribution in [1.29, 1.82) is 0 Å². The van der Waals surface area contributed by atoms with Crippen molar-refractivity contribution >= 4 is 28.8 Å². The Hall–Kier alpha value is -2.93. The number of rotatable bonds is 5. The number of carbonyl (C=O) groups is 2. The van der Waals surface area contributed by atoms with E-state index >= 15 is 0 Å². The Labute approximate surface area is 178 Å². The van der Waals surface area contributed by atoms with Crippen molar-refractivity contribution in [3.05, 3.63) is 82.8 Å². The van der Waals surface area contributed by atoms with E-state index in [4.69, 9.17) is 4.74 Å². The Morgan fingerprint density at radius 1 is 1.20 bits per heavy atom. The zero-order chi connectivity index (χ0) is 21.3. The largest absolute Gasteiger partial charge is 0.457 e. The minimum Gasteiger partial charge on any atom is -0.457 e. The molecule has 1 saturated heterocycles. The van der Waals surface area contributed by atoms with Gasteiger partial charge in [0, 0.05) is 0 Å². The first kappa shape index (κ1) is 20.3. The fourth-order valence-corrected chi connectivity index (χ4v) is 4.78. The van der Waals surface area contributed by atoms with E-state index in [1.807, 2.05) is 37.3 Å². The third-order valence-electron chi connectivity index (χ3n) is 5.12. The van der Waals surface area contributed by atoms with Gasteiger partial charge in [0.25, 0.3) is 0 Å². The number of esters is 1. The van der Waals surface area contributed by atoms with E-state index in [0.29, 0.717) is 22.8 Å². The molecule has 1 amide bonds. The van der Waals surface area contributed by atoms with Crippen LogP contribution in [0.3, 0.4) is 0 Å². The van der Waals surface area contributed by atoms with Crippen molar-refractivity contribution in [2.24, 2.45) is 4.99 Å². The van der Waals surface area contributed by atoms with Crippen LogP contribution in [0.15, 0.2) is 70.9 Å². The molecule has 2 aliphatic rings. The number of allylic oxidation sites excluding steroid dienone is 1. The molecule has 0 N–H and O–H groups in total. The number of halogens is 1. The molecule has 0 unspecified atom stereocenters. The van der Waals surface area contributed by atoms with Gasteiger partial charge in [0.15, 0.2) is 5.17 Å². The predicted octanol–water partition coefficient (Wildman–Crippen LogP) is 4.61. The topological polar surface area (TPSA) is 59.0 Å². The van der Waals surface area contributed by atoms with Gasteiger partial charge in [0.2, 0.25) is 5.91 Å². The Morgan fingerprint density at radius 2 is 1.97 bits per heavy atom. The van der Waals surface area contributed by atoms with E-state index in [-0.39, 0.29) is 23.3 Å². The van der Waals surface area contributed by atoms with Gasteiger partial charge in [-0.3, -0.25) is 9.69 Å². The third kappa shape index (κ3) is 3.77. The summed E-state index contributed by atoms with van der Waals surface area (Å²) in [7, 11) is 0. The summed E-state index contributed by atoms with van der Waals surface area (Å²) in [6.07, 6.45) is 0.641. The van der Waals surface area contributed by atoms with Crippen LogP contribution in [0, 0.1) is 5.82 Å². The van der Waals surface area contributed by atoms with Crippen molar-refractivity contribution in [2.45, 2.75) is 38.2 Å². The first-order valence-electron chi connectivity index (χ1n) is 9.75. The van der Waals surface area contributed by atoms with Crippen molar-refractivity contribution in [1.82, 2.24) is 4.90 Å².